The maximum atomic E-state index is 5.46. The first-order valence-corrected chi connectivity index (χ1v) is 12.1. The van der Waals surface area contributed by atoms with Gasteiger partial charge < -0.3 is 9.64 Å². The fourth-order valence-corrected chi connectivity index (χ4v) is 3.96. The van der Waals surface area contributed by atoms with Gasteiger partial charge >= 0.3 is 0 Å². The standard InChI is InChI=1S/C26H47NO/c1-4-5-6-7-8-9-10-11-12-13-14-15-16-17-18-21-24-27(2)25-22-19-20-23-26(25)28-3/h19-20,22-23H,4-18,21,24H2,1-3H3. The average Bonchev–Trinajstić information content (AvgIpc) is 2.73. The van der Waals surface area contributed by atoms with Crippen LogP contribution in [0.25, 0.3) is 0 Å². The molecular formula is C26H47NO. The number of benzene rings is 1. The predicted molar refractivity (Wildman–Crippen MR) is 126 cm³/mol. The lowest BCUT2D eigenvalue weighted by Crippen LogP contribution is -2.19. The number of hydrogen-bond donors (Lipinski definition) is 0. The van der Waals surface area contributed by atoms with Crippen molar-refractivity contribution in [1.29, 1.82) is 0 Å². The summed E-state index contributed by atoms with van der Waals surface area (Å²) in [5.41, 5.74) is 1.20. The van der Waals surface area contributed by atoms with Crippen LogP contribution in [-0.4, -0.2) is 20.7 Å². The van der Waals surface area contributed by atoms with E-state index in [4.69, 9.17) is 4.74 Å². The fraction of sp³-hybridized carbons (Fsp3) is 0.769. The zero-order chi connectivity index (χ0) is 20.3. The van der Waals surface area contributed by atoms with Gasteiger partial charge in [-0.2, -0.15) is 0 Å². The second kappa shape index (κ2) is 17.9. The molecule has 0 aromatic heterocycles. The average molecular weight is 390 g/mol. The van der Waals surface area contributed by atoms with E-state index in [1.807, 2.05) is 12.1 Å². The summed E-state index contributed by atoms with van der Waals surface area (Å²) in [7, 11) is 3.92. The highest BCUT2D eigenvalue weighted by Gasteiger charge is 2.06. The molecule has 1 aromatic carbocycles. The van der Waals surface area contributed by atoms with Crippen LogP contribution in [0.5, 0.6) is 5.75 Å². The summed E-state index contributed by atoms with van der Waals surface area (Å²) in [5, 5.41) is 0. The number of methoxy groups -OCH3 is 1. The SMILES string of the molecule is CCCCCCCCCCCCCCCCCCN(C)c1ccccc1OC. The molecule has 0 atom stereocenters. The van der Waals surface area contributed by atoms with E-state index < -0.39 is 0 Å². The summed E-state index contributed by atoms with van der Waals surface area (Å²) >= 11 is 0. The highest BCUT2D eigenvalue weighted by molar-refractivity contribution is 5.57. The second-order valence-corrected chi connectivity index (χ2v) is 8.40. The maximum Gasteiger partial charge on any atom is 0.142 e. The monoisotopic (exact) mass is 389 g/mol. The van der Waals surface area contributed by atoms with Crippen LogP contribution >= 0.6 is 0 Å². The largest absolute Gasteiger partial charge is 0.495 e. The van der Waals surface area contributed by atoms with E-state index in [2.05, 4.69) is 31.0 Å². The van der Waals surface area contributed by atoms with Crippen LogP contribution in [0.1, 0.15) is 110 Å². The van der Waals surface area contributed by atoms with E-state index in [0.717, 1.165) is 12.3 Å². The molecule has 0 bridgehead atoms. The van der Waals surface area contributed by atoms with E-state index in [-0.39, 0.29) is 0 Å². The number of unbranched alkanes of at least 4 members (excludes halogenated alkanes) is 15. The molecule has 0 unspecified atom stereocenters. The van der Waals surface area contributed by atoms with Gasteiger partial charge in [-0.15, -0.1) is 0 Å². The van der Waals surface area contributed by atoms with E-state index in [1.165, 1.54) is 108 Å². The molecule has 0 aliphatic carbocycles. The molecule has 0 saturated carbocycles. The van der Waals surface area contributed by atoms with Crippen LogP contribution in [0.2, 0.25) is 0 Å². The second-order valence-electron chi connectivity index (χ2n) is 8.40. The van der Waals surface area contributed by atoms with Crippen molar-refractivity contribution in [3.05, 3.63) is 24.3 Å². The fourth-order valence-electron chi connectivity index (χ4n) is 3.96. The Hall–Kier alpha value is -1.18. The van der Waals surface area contributed by atoms with Crippen molar-refractivity contribution in [3.8, 4) is 5.75 Å². The molecule has 162 valence electrons. The number of para-hydroxylation sites is 2. The molecule has 0 aliphatic rings. The first-order chi connectivity index (χ1) is 13.8. The van der Waals surface area contributed by atoms with Crippen molar-refractivity contribution in [2.45, 2.75) is 110 Å². The van der Waals surface area contributed by atoms with E-state index in [1.54, 1.807) is 7.11 Å². The number of rotatable bonds is 19. The lowest BCUT2D eigenvalue weighted by molar-refractivity contribution is 0.414. The molecule has 0 spiro atoms. The van der Waals surface area contributed by atoms with Gasteiger partial charge in [-0.3, -0.25) is 0 Å². The Bertz CT molecular complexity index is 460. The van der Waals surface area contributed by atoms with Gasteiger partial charge in [0.2, 0.25) is 0 Å². The first kappa shape index (κ1) is 24.9. The Balaban J connectivity index is 1.85. The van der Waals surface area contributed by atoms with Gasteiger partial charge in [-0.1, -0.05) is 115 Å². The van der Waals surface area contributed by atoms with Crippen molar-refractivity contribution in [1.82, 2.24) is 0 Å². The number of nitrogens with zero attached hydrogens (tertiary/aromatic N) is 1. The van der Waals surface area contributed by atoms with Crippen molar-refractivity contribution in [2.75, 3.05) is 25.6 Å². The zero-order valence-electron chi connectivity index (χ0n) is 19.2. The van der Waals surface area contributed by atoms with Crippen molar-refractivity contribution in [2.24, 2.45) is 0 Å². The summed E-state index contributed by atoms with van der Waals surface area (Å²) in [6, 6.07) is 8.30. The summed E-state index contributed by atoms with van der Waals surface area (Å²) < 4.78 is 5.46. The lowest BCUT2D eigenvalue weighted by Gasteiger charge is -2.21. The number of anilines is 1. The van der Waals surface area contributed by atoms with E-state index in [0.29, 0.717) is 0 Å². The lowest BCUT2D eigenvalue weighted by atomic mass is 10.0. The molecule has 0 saturated heterocycles. The van der Waals surface area contributed by atoms with Crippen molar-refractivity contribution in [3.63, 3.8) is 0 Å². The van der Waals surface area contributed by atoms with Crippen LogP contribution in [0.3, 0.4) is 0 Å². The van der Waals surface area contributed by atoms with Crippen molar-refractivity contribution < 1.29 is 4.74 Å². The van der Waals surface area contributed by atoms with Crippen LogP contribution < -0.4 is 9.64 Å². The smallest absolute Gasteiger partial charge is 0.142 e. The quantitative estimate of drug-likeness (QED) is 0.220. The highest BCUT2D eigenvalue weighted by Crippen LogP contribution is 2.26. The molecule has 0 fully saturated rings. The molecule has 1 rings (SSSR count). The van der Waals surface area contributed by atoms with Gasteiger partial charge in [0.05, 0.1) is 12.8 Å². The normalized spacial score (nSPS) is 11.0. The van der Waals surface area contributed by atoms with E-state index >= 15 is 0 Å². The molecule has 0 radical (unpaired) electrons. The minimum absolute atomic E-state index is 0.974. The Labute approximate surface area is 176 Å². The Morgan fingerprint density at radius 1 is 0.643 bits per heavy atom. The number of ether oxygens (including phenoxy) is 1. The molecule has 2 nitrogen and oxygen atoms in total. The molecule has 0 heterocycles. The van der Waals surface area contributed by atoms with Gasteiger partial charge in [0.1, 0.15) is 5.75 Å². The number of hydrogen-bond acceptors (Lipinski definition) is 2. The van der Waals surface area contributed by atoms with Crippen LogP contribution in [0.15, 0.2) is 24.3 Å². The van der Waals surface area contributed by atoms with Crippen LogP contribution in [0.4, 0.5) is 5.69 Å². The van der Waals surface area contributed by atoms with E-state index in [9.17, 15) is 0 Å². The third kappa shape index (κ3) is 12.3. The van der Waals surface area contributed by atoms with Gasteiger partial charge in [-0.25, -0.2) is 0 Å². The predicted octanol–water partition coefficient (Wildman–Crippen LogP) is 8.39. The zero-order valence-corrected chi connectivity index (χ0v) is 19.2. The summed E-state index contributed by atoms with van der Waals surface area (Å²) in [6.45, 7) is 3.40. The minimum Gasteiger partial charge on any atom is -0.495 e. The summed E-state index contributed by atoms with van der Waals surface area (Å²) in [5.74, 6) is 0.974. The molecular weight excluding hydrogens is 342 g/mol. The minimum atomic E-state index is 0.974. The molecule has 0 amide bonds. The topological polar surface area (TPSA) is 12.5 Å². The van der Waals surface area contributed by atoms with Crippen LogP contribution in [-0.2, 0) is 0 Å². The molecule has 0 aliphatic heterocycles. The summed E-state index contributed by atoms with van der Waals surface area (Å²) in [6.07, 6.45) is 22.8. The Morgan fingerprint density at radius 3 is 1.54 bits per heavy atom. The highest BCUT2D eigenvalue weighted by atomic mass is 16.5. The third-order valence-corrected chi connectivity index (χ3v) is 5.84. The Morgan fingerprint density at radius 2 is 1.07 bits per heavy atom. The maximum absolute atomic E-state index is 5.46. The Kier molecular flexibility index (Phi) is 15.9. The molecule has 2 heteroatoms. The molecule has 1 aromatic rings. The van der Waals surface area contributed by atoms with Gasteiger partial charge in [-0.05, 0) is 18.6 Å². The van der Waals surface area contributed by atoms with Crippen LogP contribution in [0, 0.1) is 0 Å². The van der Waals surface area contributed by atoms with Gasteiger partial charge in [0.25, 0.3) is 0 Å². The third-order valence-electron chi connectivity index (χ3n) is 5.84. The van der Waals surface area contributed by atoms with Crippen molar-refractivity contribution >= 4 is 5.69 Å². The molecule has 28 heavy (non-hydrogen) atoms. The van der Waals surface area contributed by atoms with Gasteiger partial charge in [0.15, 0.2) is 0 Å². The summed E-state index contributed by atoms with van der Waals surface area (Å²) in [4.78, 5) is 2.32. The first-order valence-electron chi connectivity index (χ1n) is 12.1. The van der Waals surface area contributed by atoms with Gasteiger partial charge in [0, 0.05) is 13.6 Å². The molecule has 0 N–H and O–H groups in total.